The van der Waals surface area contributed by atoms with Crippen LogP contribution in [0.1, 0.15) is 91.9 Å². The van der Waals surface area contributed by atoms with Crippen molar-refractivity contribution in [1.82, 2.24) is 0 Å². The number of hydrogen-bond donors (Lipinski definition) is 0. The van der Waals surface area contributed by atoms with Gasteiger partial charge in [0, 0.05) is 31.0 Å². The van der Waals surface area contributed by atoms with E-state index in [0.717, 1.165) is 44.3 Å². The number of esters is 1. The highest BCUT2D eigenvalue weighted by Gasteiger charge is 2.59. The summed E-state index contributed by atoms with van der Waals surface area (Å²) in [5.74, 6) is 3.28. The van der Waals surface area contributed by atoms with Gasteiger partial charge in [0.1, 0.15) is 12.0 Å². The third-order valence-corrected chi connectivity index (χ3v) is 10.2. The minimum atomic E-state index is -0.139. The lowest BCUT2D eigenvalue weighted by atomic mass is 9.54. The Hall–Kier alpha value is -1.16. The first kappa shape index (κ1) is 24.0. The summed E-state index contributed by atoms with van der Waals surface area (Å²) < 4.78 is 11.5. The molecule has 2 saturated carbocycles. The van der Waals surface area contributed by atoms with E-state index in [1.807, 2.05) is 0 Å². The Morgan fingerprint density at radius 1 is 1.12 bits per heavy atom. The van der Waals surface area contributed by atoms with E-state index in [2.05, 4.69) is 27.7 Å². The van der Waals surface area contributed by atoms with Crippen LogP contribution in [0.15, 0.2) is 11.3 Å². The summed E-state index contributed by atoms with van der Waals surface area (Å²) in [6.07, 6.45) is 12.0. The molecular formula is C28H44O4. The van der Waals surface area contributed by atoms with Crippen molar-refractivity contribution in [3.05, 3.63) is 11.3 Å². The van der Waals surface area contributed by atoms with Crippen LogP contribution < -0.4 is 0 Å². The van der Waals surface area contributed by atoms with Crippen LogP contribution in [-0.2, 0) is 19.1 Å². The Morgan fingerprint density at radius 3 is 2.62 bits per heavy atom. The first-order valence-electron chi connectivity index (χ1n) is 13.1. The van der Waals surface area contributed by atoms with Gasteiger partial charge in [-0.1, -0.05) is 40.5 Å². The van der Waals surface area contributed by atoms with Gasteiger partial charge in [0.25, 0.3) is 0 Å². The molecule has 2 fully saturated rings. The van der Waals surface area contributed by atoms with Crippen molar-refractivity contribution in [3.8, 4) is 0 Å². The molecule has 4 aliphatic rings. The third-order valence-electron chi connectivity index (χ3n) is 10.2. The zero-order valence-corrected chi connectivity index (χ0v) is 21.0. The summed E-state index contributed by atoms with van der Waals surface area (Å²) in [6.45, 7) is 10.4. The summed E-state index contributed by atoms with van der Waals surface area (Å²) in [7, 11) is 1.79. The zero-order chi connectivity index (χ0) is 23.1. The van der Waals surface area contributed by atoms with E-state index in [1.54, 1.807) is 7.11 Å². The largest absolute Gasteiger partial charge is 0.431 e. The van der Waals surface area contributed by atoms with Crippen molar-refractivity contribution in [2.75, 3.05) is 13.7 Å². The van der Waals surface area contributed by atoms with Crippen LogP contribution >= 0.6 is 0 Å². The lowest BCUT2D eigenvalue weighted by Crippen LogP contribution is -2.49. The van der Waals surface area contributed by atoms with Gasteiger partial charge < -0.3 is 14.3 Å². The molecule has 0 aromatic rings. The molecule has 1 unspecified atom stereocenters. The van der Waals surface area contributed by atoms with Gasteiger partial charge in [-0.25, -0.2) is 0 Å². The number of fused-ring (bicyclic) bond motifs is 4. The number of ether oxygens (including phenoxy) is 2. The standard InChI is InChI=1S/C28H44O4/c1-18(17-31-5)7-6-8-19(2)21-9-10-22-25-23(12-14-27(21,22)3)28(4)13-11-20(16-29)15-24(28)26(30)32-25/h16,18-22,24H,6-15,17H2,1-5H3/t18?,19-,20+,21-,22+,24-,27-,28-/m1/s1. The predicted molar refractivity (Wildman–Crippen MR) is 126 cm³/mol. The van der Waals surface area contributed by atoms with Crippen molar-refractivity contribution >= 4 is 12.3 Å². The molecule has 0 aromatic carbocycles. The van der Waals surface area contributed by atoms with E-state index in [0.29, 0.717) is 30.1 Å². The number of rotatable bonds is 8. The minimum Gasteiger partial charge on any atom is -0.431 e. The van der Waals surface area contributed by atoms with E-state index in [9.17, 15) is 9.59 Å². The highest BCUT2D eigenvalue weighted by molar-refractivity contribution is 5.78. The third kappa shape index (κ3) is 3.99. The predicted octanol–water partition coefficient (Wildman–Crippen LogP) is 6.33. The van der Waals surface area contributed by atoms with Gasteiger partial charge in [0.15, 0.2) is 0 Å². The van der Waals surface area contributed by atoms with Crippen molar-refractivity contribution in [2.24, 2.45) is 46.3 Å². The fourth-order valence-corrected chi connectivity index (χ4v) is 8.13. The lowest BCUT2D eigenvalue weighted by Gasteiger charge is -2.53. The van der Waals surface area contributed by atoms with Gasteiger partial charge in [-0.15, -0.1) is 0 Å². The van der Waals surface area contributed by atoms with Gasteiger partial charge in [-0.3, -0.25) is 4.79 Å². The fourth-order valence-electron chi connectivity index (χ4n) is 8.13. The molecule has 0 aromatic heterocycles. The Morgan fingerprint density at radius 2 is 1.91 bits per heavy atom. The maximum atomic E-state index is 13.1. The van der Waals surface area contributed by atoms with Crippen LogP contribution in [0.3, 0.4) is 0 Å². The molecular weight excluding hydrogens is 400 g/mol. The average Bonchev–Trinajstić information content (AvgIpc) is 3.11. The maximum absolute atomic E-state index is 13.1. The fraction of sp³-hybridized carbons (Fsp3) is 0.857. The number of allylic oxidation sites excluding steroid dienone is 2. The number of carbonyl (C=O) groups is 2. The smallest absolute Gasteiger partial charge is 0.314 e. The van der Waals surface area contributed by atoms with Gasteiger partial charge >= 0.3 is 5.97 Å². The van der Waals surface area contributed by atoms with Crippen molar-refractivity contribution in [2.45, 2.75) is 91.9 Å². The second-order valence-corrected chi connectivity index (χ2v) is 12.1. The molecule has 1 heterocycles. The molecule has 3 aliphatic carbocycles. The number of carbonyl (C=O) groups excluding carboxylic acids is 2. The summed E-state index contributed by atoms with van der Waals surface area (Å²) in [5, 5.41) is 0. The van der Waals surface area contributed by atoms with E-state index >= 15 is 0 Å². The van der Waals surface area contributed by atoms with Crippen LogP contribution in [0.5, 0.6) is 0 Å². The Balaban J connectivity index is 1.49. The zero-order valence-electron chi connectivity index (χ0n) is 21.0. The summed E-state index contributed by atoms with van der Waals surface area (Å²) >= 11 is 0. The van der Waals surface area contributed by atoms with E-state index in [1.165, 1.54) is 37.7 Å². The van der Waals surface area contributed by atoms with Gasteiger partial charge in [-0.05, 0) is 80.1 Å². The van der Waals surface area contributed by atoms with Crippen molar-refractivity contribution in [1.29, 1.82) is 0 Å². The van der Waals surface area contributed by atoms with Crippen molar-refractivity contribution in [3.63, 3.8) is 0 Å². The number of hydrogen-bond acceptors (Lipinski definition) is 4. The minimum absolute atomic E-state index is 0.0138. The van der Waals surface area contributed by atoms with Crippen LogP contribution in [0.2, 0.25) is 0 Å². The van der Waals surface area contributed by atoms with Gasteiger partial charge in [-0.2, -0.15) is 0 Å². The van der Waals surface area contributed by atoms with Crippen LogP contribution in [0, 0.1) is 46.3 Å². The highest BCUT2D eigenvalue weighted by atomic mass is 16.5. The van der Waals surface area contributed by atoms with Gasteiger partial charge in [0.2, 0.25) is 0 Å². The molecule has 4 heteroatoms. The number of aldehydes is 1. The van der Waals surface area contributed by atoms with Crippen molar-refractivity contribution < 1.29 is 19.1 Å². The SMILES string of the molecule is COCC(C)CCC[C@@H](C)[C@H]1CC[C@H]2C3=C(CC[C@]12C)[C@@]1(C)CC[C@H](C=O)C[C@@H]1C(=O)O3. The molecule has 0 spiro atoms. The highest BCUT2D eigenvalue weighted by Crippen LogP contribution is 2.65. The van der Waals surface area contributed by atoms with Crippen LogP contribution in [0.4, 0.5) is 0 Å². The first-order valence-corrected chi connectivity index (χ1v) is 13.1. The maximum Gasteiger partial charge on any atom is 0.314 e. The molecule has 180 valence electrons. The van der Waals surface area contributed by atoms with E-state index < -0.39 is 0 Å². The molecule has 1 aliphatic heterocycles. The molecule has 0 N–H and O–H groups in total. The van der Waals surface area contributed by atoms with E-state index in [4.69, 9.17) is 9.47 Å². The van der Waals surface area contributed by atoms with Crippen LogP contribution in [-0.4, -0.2) is 26.0 Å². The quantitative estimate of drug-likeness (QED) is 0.324. The average molecular weight is 445 g/mol. The first-order chi connectivity index (χ1) is 15.2. The summed E-state index contributed by atoms with van der Waals surface area (Å²) in [5.41, 5.74) is 1.56. The Labute approximate surface area is 194 Å². The second kappa shape index (κ2) is 9.24. The van der Waals surface area contributed by atoms with Gasteiger partial charge in [0.05, 0.1) is 5.92 Å². The van der Waals surface area contributed by atoms with E-state index in [-0.39, 0.29) is 28.6 Å². The normalized spacial score (nSPS) is 40.7. The topological polar surface area (TPSA) is 52.6 Å². The summed E-state index contributed by atoms with van der Waals surface area (Å²) in [4.78, 5) is 24.5. The monoisotopic (exact) mass is 444 g/mol. The molecule has 0 saturated heterocycles. The Bertz CT molecular complexity index is 757. The second-order valence-electron chi connectivity index (χ2n) is 12.1. The molecule has 0 amide bonds. The number of methoxy groups -OCH3 is 1. The molecule has 0 radical (unpaired) electrons. The lowest BCUT2D eigenvalue weighted by molar-refractivity contribution is -0.157. The Kier molecular flexibility index (Phi) is 6.92. The molecule has 4 rings (SSSR count). The summed E-state index contributed by atoms with van der Waals surface area (Å²) in [6, 6.07) is 0. The molecule has 0 bridgehead atoms. The molecule has 8 atom stereocenters. The molecule has 4 nitrogen and oxygen atoms in total. The van der Waals surface area contributed by atoms with Crippen LogP contribution in [0.25, 0.3) is 0 Å². The molecule has 32 heavy (non-hydrogen) atoms.